The van der Waals surface area contributed by atoms with Gasteiger partial charge in [0.05, 0.1) is 10.5 Å². The molecule has 1 aromatic carbocycles. The number of ether oxygens (including phenoxy) is 1. The van der Waals surface area contributed by atoms with E-state index in [-0.39, 0.29) is 22.2 Å². The average molecular weight is 353 g/mol. The Kier molecular flexibility index (Phi) is 4.54. The van der Waals surface area contributed by atoms with E-state index in [4.69, 9.17) is 0 Å². The van der Waals surface area contributed by atoms with Crippen LogP contribution in [0.5, 0.6) is 5.75 Å². The smallest absolute Gasteiger partial charge is 0.405 e. The number of carbonyl (C=O) groups is 1. The van der Waals surface area contributed by atoms with Crippen molar-refractivity contribution in [1.29, 1.82) is 0 Å². The van der Waals surface area contributed by atoms with Crippen LogP contribution in [0.3, 0.4) is 0 Å². The average Bonchev–Trinajstić information content (AvgIpc) is 2.85. The van der Waals surface area contributed by atoms with Crippen LogP contribution in [-0.4, -0.2) is 24.9 Å². The summed E-state index contributed by atoms with van der Waals surface area (Å²) >= 11 is 2.98. The molecule has 1 saturated heterocycles. The number of amides is 1. The number of nitrogens with one attached hydrogen (secondary N) is 2. The number of carbonyl (C=O) groups excluding carboxylic acids is 1. The summed E-state index contributed by atoms with van der Waals surface area (Å²) in [6, 6.07) is 3.63. The third-order valence-corrected chi connectivity index (χ3v) is 3.42. The van der Waals surface area contributed by atoms with Crippen molar-refractivity contribution >= 4 is 27.5 Å². The standard InChI is InChI=1S/C12H12BrF3N2O2/c13-8-6-7(3-4-10(8)20-12(14,15)16)18-11(19)9-2-1-5-17-9/h3-4,6,9,17H,1-2,5H2,(H,18,19). The van der Waals surface area contributed by atoms with E-state index in [1.165, 1.54) is 12.1 Å². The molecular weight excluding hydrogens is 341 g/mol. The van der Waals surface area contributed by atoms with Crippen LogP contribution >= 0.6 is 15.9 Å². The number of anilines is 1. The predicted octanol–water partition coefficient (Wildman–Crippen LogP) is 3.04. The number of halogens is 4. The van der Waals surface area contributed by atoms with E-state index in [0.29, 0.717) is 5.69 Å². The van der Waals surface area contributed by atoms with E-state index in [2.05, 4.69) is 31.3 Å². The van der Waals surface area contributed by atoms with Gasteiger partial charge in [0.25, 0.3) is 0 Å². The lowest BCUT2D eigenvalue weighted by molar-refractivity contribution is -0.274. The van der Waals surface area contributed by atoms with E-state index < -0.39 is 6.36 Å². The molecule has 1 aromatic rings. The van der Waals surface area contributed by atoms with Crippen molar-refractivity contribution < 1.29 is 22.7 Å². The summed E-state index contributed by atoms with van der Waals surface area (Å²) in [5.41, 5.74) is 0.407. The van der Waals surface area contributed by atoms with Crippen molar-refractivity contribution in [1.82, 2.24) is 5.32 Å². The molecule has 0 aliphatic carbocycles. The Hall–Kier alpha value is -1.28. The van der Waals surface area contributed by atoms with Gasteiger partial charge in [-0.3, -0.25) is 4.79 Å². The minimum absolute atomic E-state index is 0.118. The molecule has 1 amide bonds. The lowest BCUT2D eigenvalue weighted by Gasteiger charge is -2.14. The van der Waals surface area contributed by atoms with Crippen LogP contribution in [0.1, 0.15) is 12.8 Å². The molecule has 1 atom stereocenters. The number of alkyl halides is 3. The van der Waals surface area contributed by atoms with Crippen molar-refractivity contribution in [3.63, 3.8) is 0 Å². The normalized spacial score (nSPS) is 18.9. The van der Waals surface area contributed by atoms with Gasteiger partial charge >= 0.3 is 6.36 Å². The van der Waals surface area contributed by atoms with Gasteiger partial charge in [0.1, 0.15) is 5.75 Å². The van der Waals surface area contributed by atoms with Gasteiger partial charge in [-0.1, -0.05) is 0 Å². The first-order valence-electron chi connectivity index (χ1n) is 5.95. The predicted molar refractivity (Wildman–Crippen MR) is 70.5 cm³/mol. The maximum atomic E-state index is 12.1. The second kappa shape index (κ2) is 6.01. The summed E-state index contributed by atoms with van der Waals surface area (Å²) in [7, 11) is 0. The van der Waals surface area contributed by atoms with E-state index in [9.17, 15) is 18.0 Å². The number of benzene rings is 1. The fraction of sp³-hybridized carbons (Fsp3) is 0.417. The van der Waals surface area contributed by atoms with E-state index in [0.717, 1.165) is 25.5 Å². The van der Waals surface area contributed by atoms with Crippen LogP contribution in [-0.2, 0) is 4.79 Å². The fourth-order valence-electron chi connectivity index (χ4n) is 1.92. The summed E-state index contributed by atoms with van der Waals surface area (Å²) in [5, 5.41) is 5.68. The third kappa shape index (κ3) is 4.11. The van der Waals surface area contributed by atoms with Crippen molar-refractivity contribution in [2.45, 2.75) is 25.2 Å². The summed E-state index contributed by atoms with van der Waals surface area (Å²) < 4.78 is 40.3. The Morgan fingerprint density at radius 1 is 1.45 bits per heavy atom. The van der Waals surface area contributed by atoms with E-state index in [1.54, 1.807) is 0 Å². The molecule has 0 bridgehead atoms. The minimum Gasteiger partial charge on any atom is -0.405 e. The summed E-state index contributed by atoms with van der Waals surface area (Å²) in [4.78, 5) is 11.8. The molecule has 110 valence electrons. The molecule has 0 radical (unpaired) electrons. The van der Waals surface area contributed by atoms with Crippen molar-refractivity contribution in [2.75, 3.05) is 11.9 Å². The summed E-state index contributed by atoms with van der Waals surface area (Å²) in [5.74, 6) is -0.548. The highest BCUT2D eigenvalue weighted by Gasteiger charge is 2.32. The molecule has 4 nitrogen and oxygen atoms in total. The highest BCUT2D eigenvalue weighted by Crippen LogP contribution is 2.32. The molecule has 1 heterocycles. The lowest BCUT2D eigenvalue weighted by Crippen LogP contribution is -2.35. The Morgan fingerprint density at radius 2 is 2.20 bits per heavy atom. The van der Waals surface area contributed by atoms with E-state index in [1.807, 2.05) is 0 Å². The molecule has 8 heteroatoms. The van der Waals surface area contributed by atoms with Crippen LogP contribution in [0.2, 0.25) is 0 Å². The molecule has 1 aliphatic heterocycles. The molecule has 0 spiro atoms. The molecule has 2 N–H and O–H groups in total. The second-order valence-electron chi connectivity index (χ2n) is 4.33. The zero-order chi connectivity index (χ0) is 14.8. The molecular formula is C12H12BrF3N2O2. The van der Waals surface area contributed by atoms with Gasteiger partial charge in [-0.25, -0.2) is 0 Å². The second-order valence-corrected chi connectivity index (χ2v) is 5.19. The van der Waals surface area contributed by atoms with Gasteiger partial charge in [-0.05, 0) is 53.5 Å². The quantitative estimate of drug-likeness (QED) is 0.878. The van der Waals surface area contributed by atoms with Gasteiger partial charge in [-0.15, -0.1) is 13.2 Å². The first-order valence-corrected chi connectivity index (χ1v) is 6.74. The molecule has 20 heavy (non-hydrogen) atoms. The zero-order valence-corrected chi connectivity index (χ0v) is 11.8. The van der Waals surface area contributed by atoms with Crippen molar-refractivity contribution in [3.05, 3.63) is 22.7 Å². The summed E-state index contributed by atoms with van der Waals surface area (Å²) in [6.07, 6.45) is -3.07. The maximum absolute atomic E-state index is 12.1. The Labute approximate surface area is 121 Å². The Balaban J connectivity index is 2.03. The largest absolute Gasteiger partial charge is 0.573 e. The van der Waals surface area contributed by atoms with Gasteiger partial charge in [-0.2, -0.15) is 0 Å². The first kappa shape index (κ1) is 15.1. The van der Waals surface area contributed by atoms with Crippen LogP contribution < -0.4 is 15.4 Å². The van der Waals surface area contributed by atoms with Gasteiger partial charge < -0.3 is 15.4 Å². The maximum Gasteiger partial charge on any atom is 0.573 e. The topological polar surface area (TPSA) is 50.4 Å². The molecule has 1 aliphatic rings. The molecule has 2 rings (SSSR count). The zero-order valence-electron chi connectivity index (χ0n) is 10.3. The van der Waals surface area contributed by atoms with Gasteiger partial charge in [0.2, 0.25) is 5.91 Å². The summed E-state index contributed by atoms with van der Waals surface area (Å²) in [6.45, 7) is 0.792. The number of hydrogen-bond donors (Lipinski definition) is 2. The lowest BCUT2D eigenvalue weighted by atomic mass is 10.2. The fourth-order valence-corrected chi connectivity index (χ4v) is 2.38. The Morgan fingerprint density at radius 3 is 2.75 bits per heavy atom. The van der Waals surface area contributed by atoms with Crippen LogP contribution in [0.4, 0.5) is 18.9 Å². The molecule has 0 aromatic heterocycles. The first-order chi connectivity index (χ1) is 9.35. The van der Waals surface area contributed by atoms with Crippen LogP contribution in [0, 0.1) is 0 Å². The number of rotatable bonds is 3. The highest BCUT2D eigenvalue weighted by atomic mass is 79.9. The minimum atomic E-state index is -4.75. The number of hydrogen-bond acceptors (Lipinski definition) is 3. The van der Waals surface area contributed by atoms with Crippen LogP contribution in [0.25, 0.3) is 0 Å². The molecule has 0 saturated carbocycles. The van der Waals surface area contributed by atoms with Gasteiger partial charge in [0, 0.05) is 5.69 Å². The van der Waals surface area contributed by atoms with Crippen LogP contribution in [0.15, 0.2) is 22.7 Å². The van der Waals surface area contributed by atoms with E-state index >= 15 is 0 Å². The third-order valence-electron chi connectivity index (χ3n) is 2.80. The van der Waals surface area contributed by atoms with Crippen molar-refractivity contribution in [3.8, 4) is 5.75 Å². The Bertz CT molecular complexity index is 502. The monoisotopic (exact) mass is 352 g/mol. The highest BCUT2D eigenvalue weighted by molar-refractivity contribution is 9.10. The van der Waals surface area contributed by atoms with Crippen molar-refractivity contribution in [2.24, 2.45) is 0 Å². The molecule has 1 fully saturated rings. The SMILES string of the molecule is O=C(Nc1ccc(OC(F)(F)F)c(Br)c1)C1CCCN1. The molecule has 1 unspecified atom stereocenters. The van der Waals surface area contributed by atoms with Gasteiger partial charge in [0.15, 0.2) is 0 Å².